The first-order valence-electron chi connectivity index (χ1n) is 8.29. The molecule has 1 aromatic heterocycles. The summed E-state index contributed by atoms with van der Waals surface area (Å²) in [5.41, 5.74) is 1.60. The number of fused-ring (bicyclic) bond motifs is 1. The van der Waals surface area contributed by atoms with Crippen molar-refractivity contribution in [1.82, 2.24) is 4.57 Å². The van der Waals surface area contributed by atoms with Crippen molar-refractivity contribution < 1.29 is 9.53 Å². The summed E-state index contributed by atoms with van der Waals surface area (Å²) in [4.78, 5) is 12.7. The Balaban J connectivity index is 2.06. The predicted octanol–water partition coefficient (Wildman–Crippen LogP) is 5.47. The second kappa shape index (κ2) is 5.79. The van der Waals surface area contributed by atoms with Gasteiger partial charge in [0.15, 0.2) is 0 Å². The Morgan fingerprint density at radius 3 is 2.50 bits per heavy atom. The van der Waals surface area contributed by atoms with Crippen LogP contribution in [0.5, 0.6) is 0 Å². The Hall–Kier alpha value is -1.77. The molecule has 1 saturated carbocycles. The van der Waals surface area contributed by atoms with E-state index >= 15 is 0 Å². The van der Waals surface area contributed by atoms with Gasteiger partial charge >= 0.3 is 6.09 Å². The molecule has 22 heavy (non-hydrogen) atoms. The van der Waals surface area contributed by atoms with Gasteiger partial charge in [-0.3, -0.25) is 0 Å². The van der Waals surface area contributed by atoms with Gasteiger partial charge in [-0.05, 0) is 51.7 Å². The van der Waals surface area contributed by atoms with Crippen LogP contribution in [0.4, 0.5) is 4.79 Å². The molecule has 0 aliphatic heterocycles. The number of aromatic nitrogens is 1. The van der Waals surface area contributed by atoms with E-state index in [0.29, 0.717) is 5.92 Å². The van der Waals surface area contributed by atoms with Crippen molar-refractivity contribution in [3.63, 3.8) is 0 Å². The molecule has 3 nitrogen and oxygen atoms in total. The maximum atomic E-state index is 12.7. The minimum Gasteiger partial charge on any atom is -0.443 e. The summed E-state index contributed by atoms with van der Waals surface area (Å²) in [6.45, 7) is 5.74. The first-order chi connectivity index (χ1) is 10.5. The summed E-state index contributed by atoms with van der Waals surface area (Å²) in [5, 5.41) is 1.12. The van der Waals surface area contributed by atoms with E-state index in [2.05, 4.69) is 12.1 Å². The van der Waals surface area contributed by atoms with Crippen LogP contribution < -0.4 is 0 Å². The van der Waals surface area contributed by atoms with Gasteiger partial charge in [0.25, 0.3) is 0 Å². The fourth-order valence-corrected chi connectivity index (χ4v) is 3.39. The first-order valence-corrected chi connectivity index (χ1v) is 8.29. The largest absolute Gasteiger partial charge is 0.443 e. The number of para-hydroxylation sites is 1. The van der Waals surface area contributed by atoms with Gasteiger partial charge in [0, 0.05) is 11.1 Å². The third-order valence-corrected chi connectivity index (χ3v) is 4.34. The van der Waals surface area contributed by atoms with Crippen molar-refractivity contribution in [2.24, 2.45) is 0 Å². The van der Waals surface area contributed by atoms with E-state index in [0.717, 1.165) is 16.6 Å². The molecule has 0 unspecified atom stereocenters. The zero-order chi connectivity index (χ0) is 15.7. The molecule has 1 heterocycles. The zero-order valence-corrected chi connectivity index (χ0v) is 13.8. The summed E-state index contributed by atoms with van der Waals surface area (Å²) in [5.74, 6) is 0.466. The van der Waals surface area contributed by atoms with Crippen molar-refractivity contribution in [2.45, 2.75) is 64.4 Å². The fraction of sp³-hybridized carbons (Fsp3) is 0.526. The van der Waals surface area contributed by atoms with E-state index in [1.54, 1.807) is 4.57 Å². The highest BCUT2D eigenvalue weighted by Crippen LogP contribution is 2.36. The minimum absolute atomic E-state index is 0.255. The summed E-state index contributed by atoms with van der Waals surface area (Å²) < 4.78 is 7.45. The van der Waals surface area contributed by atoms with Crippen molar-refractivity contribution in [3.8, 4) is 0 Å². The molecule has 0 spiro atoms. The average molecular weight is 299 g/mol. The second-order valence-corrected chi connectivity index (χ2v) is 7.28. The van der Waals surface area contributed by atoms with Crippen LogP contribution >= 0.6 is 0 Å². The summed E-state index contributed by atoms with van der Waals surface area (Å²) in [6.07, 6.45) is 5.89. The quantitative estimate of drug-likeness (QED) is 0.699. The molecule has 1 aliphatic rings. The monoisotopic (exact) mass is 299 g/mol. The molecule has 0 saturated heterocycles. The van der Waals surface area contributed by atoms with Crippen molar-refractivity contribution in [2.75, 3.05) is 0 Å². The van der Waals surface area contributed by atoms with E-state index in [4.69, 9.17) is 4.74 Å². The van der Waals surface area contributed by atoms with Crippen LogP contribution in [0.25, 0.3) is 10.9 Å². The molecule has 118 valence electrons. The minimum atomic E-state index is -0.480. The Bertz CT molecular complexity index is 672. The molecule has 3 heteroatoms. The predicted molar refractivity (Wildman–Crippen MR) is 89.4 cm³/mol. The maximum Gasteiger partial charge on any atom is 0.419 e. The molecule has 3 rings (SSSR count). The molecule has 0 radical (unpaired) electrons. The van der Waals surface area contributed by atoms with Gasteiger partial charge in [-0.15, -0.1) is 0 Å². The Morgan fingerprint density at radius 2 is 1.82 bits per heavy atom. The van der Waals surface area contributed by atoms with Gasteiger partial charge in [0.1, 0.15) is 5.60 Å². The fourth-order valence-electron chi connectivity index (χ4n) is 3.39. The molecule has 0 bridgehead atoms. The smallest absolute Gasteiger partial charge is 0.419 e. The Kier molecular flexibility index (Phi) is 3.98. The number of nitrogens with zero attached hydrogens (tertiary/aromatic N) is 1. The van der Waals surface area contributed by atoms with Gasteiger partial charge < -0.3 is 4.74 Å². The van der Waals surface area contributed by atoms with Gasteiger partial charge in [0.05, 0.1) is 5.52 Å². The van der Waals surface area contributed by atoms with Crippen LogP contribution in [-0.4, -0.2) is 16.3 Å². The molecule has 0 atom stereocenters. The molecule has 1 fully saturated rings. The Labute approximate surface area is 132 Å². The van der Waals surface area contributed by atoms with E-state index in [-0.39, 0.29) is 6.09 Å². The maximum absolute atomic E-state index is 12.7. The highest BCUT2D eigenvalue weighted by atomic mass is 16.6. The standard InChI is InChI=1S/C19H25NO2/c1-19(2,3)22-18(21)20-16-12-8-7-11-15(16)13-17(20)14-9-5-4-6-10-14/h7-8,11-14H,4-6,9-10H2,1-3H3. The lowest BCUT2D eigenvalue weighted by molar-refractivity contribution is 0.0537. The van der Waals surface area contributed by atoms with Crippen LogP contribution in [0.15, 0.2) is 30.3 Å². The van der Waals surface area contributed by atoms with Crippen molar-refractivity contribution in [1.29, 1.82) is 0 Å². The molecule has 1 aromatic carbocycles. The number of carbonyl (C=O) groups is 1. The third kappa shape index (κ3) is 3.03. The SMILES string of the molecule is CC(C)(C)OC(=O)n1c(C2CCCCC2)cc2ccccc21. The van der Waals surface area contributed by atoms with Crippen molar-refractivity contribution >= 4 is 17.0 Å². The van der Waals surface area contributed by atoms with E-state index in [1.165, 1.54) is 32.1 Å². The number of hydrogen-bond acceptors (Lipinski definition) is 2. The molecular formula is C19H25NO2. The average Bonchev–Trinajstić information content (AvgIpc) is 2.86. The topological polar surface area (TPSA) is 31.2 Å². The molecule has 2 aromatic rings. The lowest BCUT2D eigenvalue weighted by Gasteiger charge is -2.25. The van der Waals surface area contributed by atoms with Gasteiger partial charge in [0.2, 0.25) is 0 Å². The lowest BCUT2D eigenvalue weighted by Crippen LogP contribution is -2.28. The second-order valence-electron chi connectivity index (χ2n) is 7.28. The van der Waals surface area contributed by atoms with E-state index < -0.39 is 5.60 Å². The number of carbonyl (C=O) groups excluding carboxylic acids is 1. The summed E-state index contributed by atoms with van der Waals surface area (Å²) >= 11 is 0. The summed E-state index contributed by atoms with van der Waals surface area (Å²) in [7, 11) is 0. The molecule has 0 N–H and O–H groups in total. The van der Waals surface area contributed by atoms with E-state index in [9.17, 15) is 4.79 Å². The van der Waals surface area contributed by atoms with E-state index in [1.807, 2.05) is 39.0 Å². The number of benzene rings is 1. The molecular weight excluding hydrogens is 274 g/mol. The van der Waals surface area contributed by atoms with Gasteiger partial charge in [-0.2, -0.15) is 0 Å². The third-order valence-electron chi connectivity index (χ3n) is 4.34. The first kappa shape index (κ1) is 15.1. The number of rotatable bonds is 1. The van der Waals surface area contributed by atoms with Crippen LogP contribution in [0, 0.1) is 0 Å². The van der Waals surface area contributed by atoms with Gasteiger partial charge in [-0.25, -0.2) is 9.36 Å². The number of hydrogen-bond donors (Lipinski definition) is 0. The Morgan fingerprint density at radius 1 is 1.14 bits per heavy atom. The highest BCUT2D eigenvalue weighted by Gasteiger charge is 2.26. The van der Waals surface area contributed by atoms with Crippen LogP contribution in [0.2, 0.25) is 0 Å². The highest BCUT2D eigenvalue weighted by molar-refractivity contribution is 5.91. The molecule has 0 amide bonds. The number of ether oxygens (including phenoxy) is 1. The zero-order valence-electron chi connectivity index (χ0n) is 13.8. The summed E-state index contributed by atoms with van der Waals surface area (Å²) in [6, 6.07) is 10.3. The molecule has 1 aliphatic carbocycles. The normalized spacial score (nSPS) is 16.9. The lowest BCUT2D eigenvalue weighted by atomic mass is 9.87. The van der Waals surface area contributed by atoms with Crippen LogP contribution in [0.3, 0.4) is 0 Å². The van der Waals surface area contributed by atoms with Crippen LogP contribution in [-0.2, 0) is 4.74 Å². The van der Waals surface area contributed by atoms with Gasteiger partial charge in [-0.1, -0.05) is 37.5 Å². The van der Waals surface area contributed by atoms with Crippen LogP contribution in [0.1, 0.15) is 64.5 Å². The van der Waals surface area contributed by atoms with Crippen molar-refractivity contribution in [3.05, 3.63) is 36.0 Å².